The predicted molar refractivity (Wildman–Crippen MR) is 104 cm³/mol. The molecule has 0 saturated carbocycles. The van der Waals surface area contributed by atoms with Crippen LogP contribution >= 0.6 is 11.6 Å². The van der Waals surface area contributed by atoms with E-state index in [1.807, 2.05) is 24.3 Å². The van der Waals surface area contributed by atoms with Crippen LogP contribution in [0.15, 0.2) is 42.5 Å². The van der Waals surface area contributed by atoms with E-state index in [9.17, 15) is 5.26 Å². The first-order valence-electron chi connectivity index (χ1n) is 9.01. The van der Waals surface area contributed by atoms with Gasteiger partial charge in [-0.05, 0) is 67.4 Å². The maximum atomic E-state index is 9.37. The lowest BCUT2D eigenvalue weighted by Crippen LogP contribution is -2.65. The third-order valence-electron chi connectivity index (χ3n) is 6.50. The predicted octanol–water partition coefficient (Wildman–Crippen LogP) is 4.22. The van der Waals surface area contributed by atoms with Gasteiger partial charge in [0.15, 0.2) is 0 Å². The van der Waals surface area contributed by atoms with Gasteiger partial charge in [-0.3, -0.25) is 0 Å². The minimum atomic E-state index is -0.591. The van der Waals surface area contributed by atoms with Gasteiger partial charge >= 0.3 is 0 Å². The Morgan fingerprint density at radius 2 is 2.08 bits per heavy atom. The second kappa shape index (κ2) is 6.01. The van der Waals surface area contributed by atoms with E-state index in [4.69, 9.17) is 16.3 Å². The summed E-state index contributed by atoms with van der Waals surface area (Å²) in [5.41, 5.74) is 4.08. The molecule has 3 atom stereocenters. The van der Waals surface area contributed by atoms with Gasteiger partial charge in [-0.25, -0.2) is 0 Å². The molecule has 3 nitrogen and oxygen atoms in total. The highest BCUT2D eigenvalue weighted by Gasteiger charge is 2.60. The second-order valence-corrected chi connectivity index (χ2v) is 8.31. The summed E-state index contributed by atoms with van der Waals surface area (Å²) in [5.74, 6) is 0.868. The highest BCUT2D eigenvalue weighted by atomic mass is 35.5. The molecule has 2 aromatic carbocycles. The van der Waals surface area contributed by atoms with E-state index in [1.165, 1.54) is 11.1 Å². The van der Waals surface area contributed by atoms with E-state index in [2.05, 4.69) is 43.1 Å². The number of fused-ring (bicyclic) bond motifs is 4. The van der Waals surface area contributed by atoms with E-state index in [-0.39, 0.29) is 11.5 Å². The summed E-state index contributed by atoms with van der Waals surface area (Å²) in [5, 5.41) is 9.37. The van der Waals surface area contributed by atoms with Gasteiger partial charge in [0.05, 0.1) is 23.6 Å². The number of nitriles is 1. The lowest BCUT2D eigenvalue weighted by Gasteiger charge is -2.60. The number of benzene rings is 2. The van der Waals surface area contributed by atoms with Gasteiger partial charge in [-0.15, -0.1) is 11.6 Å². The monoisotopic (exact) mass is 366 g/mol. The van der Waals surface area contributed by atoms with Crippen molar-refractivity contribution in [2.45, 2.75) is 36.1 Å². The lowest BCUT2D eigenvalue weighted by molar-refractivity contribution is 0.0580. The Labute approximate surface area is 160 Å². The summed E-state index contributed by atoms with van der Waals surface area (Å²) in [4.78, 5) is 1.78. The van der Waals surface area contributed by atoms with Crippen molar-refractivity contribution in [1.82, 2.24) is 4.90 Å². The van der Waals surface area contributed by atoms with Crippen molar-refractivity contribution < 1.29 is 4.74 Å². The molecule has 2 aliphatic rings. The fourth-order valence-corrected chi connectivity index (χ4v) is 5.50. The van der Waals surface area contributed by atoms with Gasteiger partial charge < -0.3 is 9.64 Å². The molecule has 2 aromatic rings. The summed E-state index contributed by atoms with van der Waals surface area (Å²) in [6, 6.07) is 16.6. The number of ether oxygens (including phenoxy) is 1. The van der Waals surface area contributed by atoms with Crippen molar-refractivity contribution in [2.75, 3.05) is 20.7 Å². The summed E-state index contributed by atoms with van der Waals surface area (Å²) in [6.07, 6.45) is 1.85. The Morgan fingerprint density at radius 1 is 1.27 bits per heavy atom. The van der Waals surface area contributed by atoms with Gasteiger partial charge in [0.25, 0.3) is 0 Å². The number of piperidine rings is 1. The van der Waals surface area contributed by atoms with Crippen LogP contribution in [0.1, 0.15) is 35.6 Å². The van der Waals surface area contributed by atoms with E-state index < -0.39 is 4.87 Å². The van der Waals surface area contributed by atoms with E-state index >= 15 is 0 Å². The zero-order valence-electron chi connectivity index (χ0n) is 15.4. The SMILES string of the molecule is COc1ccc2c(c1)[C@@]1(C)CCN(C)[C@H](C2)C1(Cl)c1cccc(C#N)c1. The molecular formula is C22H23ClN2O. The smallest absolute Gasteiger partial charge is 0.119 e. The maximum Gasteiger partial charge on any atom is 0.119 e. The van der Waals surface area contributed by atoms with Crippen LogP contribution in [-0.2, 0) is 16.7 Å². The lowest BCUT2D eigenvalue weighted by atomic mass is 9.56. The normalized spacial score (nSPS) is 30.3. The first-order valence-corrected chi connectivity index (χ1v) is 9.39. The van der Waals surface area contributed by atoms with E-state index in [1.54, 1.807) is 7.11 Å². The second-order valence-electron chi connectivity index (χ2n) is 7.71. The zero-order valence-corrected chi connectivity index (χ0v) is 16.2. The number of alkyl halides is 1. The highest BCUT2D eigenvalue weighted by Crippen LogP contribution is 2.59. The van der Waals surface area contributed by atoms with Crippen molar-refractivity contribution in [3.63, 3.8) is 0 Å². The van der Waals surface area contributed by atoms with Gasteiger partial charge in [0.2, 0.25) is 0 Å². The molecule has 1 saturated heterocycles. The Hall–Kier alpha value is -2.02. The summed E-state index contributed by atoms with van der Waals surface area (Å²) in [6.45, 7) is 3.28. The van der Waals surface area contributed by atoms with Crippen molar-refractivity contribution >= 4 is 11.6 Å². The van der Waals surface area contributed by atoms with Crippen LogP contribution in [0.3, 0.4) is 0 Å². The third-order valence-corrected chi connectivity index (χ3v) is 7.38. The number of halogens is 1. The topological polar surface area (TPSA) is 36.3 Å². The molecule has 0 N–H and O–H groups in total. The fraction of sp³-hybridized carbons (Fsp3) is 0.409. The van der Waals surface area contributed by atoms with Crippen molar-refractivity contribution in [1.29, 1.82) is 5.26 Å². The molecular weight excluding hydrogens is 344 g/mol. The van der Waals surface area contributed by atoms with E-state index in [0.29, 0.717) is 5.56 Å². The molecule has 4 heteroatoms. The molecule has 0 aromatic heterocycles. The van der Waals surface area contributed by atoms with Crippen LogP contribution in [-0.4, -0.2) is 31.6 Å². The number of nitrogens with zero attached hydrogens (tertiary/aromatic N) is 2. The average Bonchev–Trinajstić information content (AvgIpc) is 2.67. The zero-order chi connectivity index (χ0) is 18.5. The molecule has 1 aliphatic heterocycles. The fourth-order valence-electron chi connectivity index (χ4n) is 4.94. The Kier molecular flexibility index (Phi) is 4.02. The minimum Gasteiger partial charge on any atom is -0.497 e. The van der Waals surface area contributed by atoms with Crippen molar-refractivity contribution in [3.05, 3.63) is 64.7 Å². The largest absolute Gasteiger partial charge is 0.497 e. The van der Waals surface area contributed by atoms with E-state index in [0.717, 1.165) is 30.7 Å². The van der Waals surface area contributed by atoms with Gasteiger partial charge in [0, 0.05) is 11.5 Å². The van der Waals surface area contributed by atoms with Crippen LogP contribution in [0.25, 0.3) is 0 Å². The molecule has 0 radical (unpaired) electrons. The molecule has 26 heavy (non-hydrogen) atoms. The Bertz CT molecular complexity index is 905. The molecule has 0 amide bonds. The maximum absolute atomic E-state index is 9.37. The molecule has 134 valence electrons. The third kappa shape index (κ3) is 2.22. The number of likely N-dealkylation sites (N-methyl/N-ethyl adjacent to an activating group) is 1. The first-order chi connectivity index (χ1) is 12.4. The first kappa shape index (κ1) is 17.4. The summed E-state index contributed by atoms with van der Waals surface area (Å²) in [7, 11) is 3.86. The number of methoxy groups -OCH3 is 1. The van der Waals surface area contributed by atoms with Crippen molar-refractivity contribution in [2.24, 2.45) is 0 Å². The van der Waals surface area contributed by atoms with Crippen LogP contribution < -0.4 is 4.74 Å². The molecule has 1 unspecified atom stereocenters. The van der Waals surface area contributed by atoms with Gasteiger partial charge in [-0.1, -0.05) is 25.1 Å². The van der Waals surface area contributed by atoms with Crippen molar-refractivity contribution in [3.8, 4) is 11.8 Å². The minimum absolute atomic E-state index is 0.178. The summed E-state index contributed by atoms with van der Waals surface area (Å²) < 4.78 is 5.50. The van der Waals surface area contributed by atoms with Gasteiger partial charge in [0.1, 0.15) is 5.75 Å². The average molecular weight is 367 g/mol. The quantitative estimate of drug-likeness (QED) is 0.746. The number of rotatable bonds is 2. The Balaban J connectivity index is 1.97. The molecule has 1 heterocycles. The molecule has 1 aliphatic carbocycles. The van der Waals surface area contributed by atoms with Crippen LogP contribution in [0.4, 0.5) is 0 Å². The number of hydrogen-bond acceptors (Lipinski definition) is 3. The number of likely N-dealkylation sites (tertiary alicyclic amines) is 1. The van der Waals surface area contributed by atoms with Crippen LogP contribution in [0.5, 0.6) is 5.75 Å². The van der Waals surface area contributed by atoms with Crippen LogP contribution in [0, 0.1) is 11.3 Å². The molecule has 0 spiro atoms. The summed E-state index contributed by atoms with van der Waals surface area (Å²) >= 11 is 7.56. The van der Waals surface area contributed by atoms with Crippen LogP contribution in [0.2, 0.25) is 0 Å². The number of hydrogen-bond donors (Lipinski definition) is 0. The van der Waals surface area contributed by atoms with Gasteiger partial charge in [-0.2, -0.15) is 5.26 Å². The standard InChI is InChI=1S/C22H23ClN2O/c1-21-9-10-25(2)20(12-16-7-8-18(26-3)13-19(16)21)22(21,23)17-6-4-5-15(11-17)14-24/h4-8,11,13,20H,9-10,12H2,1-3H3/t20-,21-,22?/m1/s1. The Morgan fingerprint density at radius 3 is 2.81 bits per heavy atom. The molecule has 1 fully saturated rings. The molecule has 4 rings (SSSR count). The molecule has 2 bridgehead atoms. The highest BCUT2D eigenvalue weighted by molar-refractivity contribution is 6.26.